The minimum atomic E-state index is -0.267. The van der Waals surface area contributed by atoms with E-state index in [1.54, 1.807) is 0 Å². The summed E-state index contributed by atoms with van der Waals surface area (Å²) in [5.41, 5.74) is 8.25. The molecule has 0 fully saturated rings. The van der Waals surface area contributed by atoms with Gasteiger partial charge in [-0.15, -0.1) is 0 Å². The highest BCUT2D eigenvalue weighted by Gasteiger charge is 2.14. The molecule has 2 atom stereocenters. The Morgan fingerprint density at radius 2 is 1.77 bits per heavy atom. The van der Waals surface area contributed by atoms with Crippen molar-refractivity contribution in [3.8, 4) is 0 Å². The van der Waals surface area contributed by atoms with E-state index in [9.17, 15) is 4.79 Å². The fourth-order valence-electron chi connectivity index (χ4n) is 2.40. The van der Waals surface area contributed by atoms with Gasteiger partial charge in [-0.25, -0.2) is 0 Å². The van der Waals surface area contributed by atoms with Crippen LogP contribution >= 0.6 is 15.9 Å². The summed E-state index contributed by atoms with van der Waals surface area (Å²) in [4.78, 5) is 12.1. The van der Waals surface area contributed by atoms with Crippen LogP contribution in [0, 0.1) is 0 Å². The van der Waals surface area contributed by atoms with Gasteiger partial charge in [-0.05, 0) is 30.5 Å². The average molecular weight is 361 g/mol. The second-order valence-electron chi connectivity index (χ2n) is 5.49. The zero-order chi connectivity index (χ0) is 15.9. The van der Waals surface area contributed by atoms with Gasteiger partial charge in [0, 0.05) is 23.0 Å². The van der Waals surface area contributed by atoms with Crippen LogP contribution in [0.5, 0.6) is 0 Å². The van der Waals surface area contributed by atoms with E-state index in [0.717, 1.165) is 16.5 Å². The number of carbonyl (C=O) groups excluding carboxylic acids is 1. The molecule has 0 aliphatic heterocycles. The first-order valence-corrected chi connectivity index (χ1v) is 8.19. The normalized spacial score (nSPS) is 13.4. The third-order valence-electron chi connectivity index (χ3n) is 3.52. The van der Waals surface area contributed by atoms with Gasteiger partial charge in [0.15, 0.2) is 0 Å². The molecule has 0 radical (unpaired) electrons. The van der Waals surface area contributed by atoms with Crippen molar-refractivity contribution < 1.29 is 4.79 Å². The van der Waals surface area contributed by atoms with Crippen LogP contribution in [-0.4, -0.2) is 11.9 Å². The lowest BCUT2D eigenvalue weighted by Gasteiger charge is -2.17. The first kappa shape index (κ1) is 16.7. The summed E-state index contributed by atoms with van der Waals surface area (Å²) in [5.74, 6) is -0.0177. The lowest BCUT2D eigenvalue weighted by molar-refractivity contribution is -0.122. The molecule has 2 aromatic carbocycles. The minimum absolute atomic E-state index is 0.0177. The molecule has 2 rings (SSSR count). The van der Waals surface area contributed by atoms with Crippen LogP contribution < -0.4 is 11.1 Å². The molecule has 0 aliphatic carbocycles. The molecule has 2 aromatic rings. The summed E-state index contributed by atoms with van der Waals surface area (Å²) in [6.07, 6.45) is 1.08. The summed E-state index contributed by atoms with van der Waals surface area (Å²) in [6.45, 7) is 2.01. The second kappa shape index (κ2) is 8.11. The highest BCUT2D eigenvalue weighted by molar-refractivity contribution is 9.10. The van der Waals surface area contributed by atoms with Crippen LogP contribution in [0.1, 0.15) is 30.5 Å². The Hall–Kier alpha value is -1.65. The van der Waals surface area contributed by atoms with E-state index in [4.69, 9.17) is 5.73 Å². The van der Waals surface area contributed by atoms with Gasteiger partial charge in [0.05, 0.1) is 0 Å². The van der Waals surface area contributed by atoms with Gasteiger partial charge in [0.25, 0.3) is 0 Å². The van der Waals surface area contributed by atoms with Gasteiger partial charge in [-0.2, -0.15) is 0 Å². The third-order valence-corrected chi connectivity index (χ3v) is 4.30. The molecule has 0 saturated heterocycles. The van der Waals surface area contributed by atoms with Crippen molar-refractivity contribution in [2.24, 2.45) is 5.73 Å². The number of hydrogen-bond acceptors (Lipinski definition) is 2. The van der Waals surface area contributed by atoms with E-state index in [-0.39, 0.29) is 18.0 Å². The van der Waals surface area contributed by atoms with Crippen molar-refractivity contribution in [3.05, 3.63) is 70.2 Å². The van der Waals surface area contributed by atoms with Gasteiger partial charge in [-0.3, -0.25) is 4.79 Å². The number of nitrogens with one attached hydrogen (secondary N) is 1. The number of halogens is 1. The Kier molecular flexibility index (Phi) is 6.16. The van der Waals surface area contributed by atoms with E-state index in [1.165, 1.54) is 5.56 Å². The molecule has 4 heteroatoms. The maximum absolute atomic E-state index is 12.1. The first-order valence-electron chi connectivity index (χ1n) is 7.39. The Labute approximate surface area is 140 Å². The fourth-order valence-corrected chi connectivity index (χ4v) is 2.84. The van der Waals surface area contributed by atoms with Gasteiger partial charge in [-0.1, -0.05) is 64.5 Å². The van der Waals surface area contributed by atoms with E-state index >= 15 is 0 Å². The standard InChI is InChI=1S/C18H21BrN2O/c1-13(11-15-9-5-6-10-16(15)19)21-18(22)12-17(20)14-7-3-2-4-8-14/h2-10,13,17H,11-12,20H2,1H3,(H,21,22). The van der Waals surface area contributed by atoms with Crippen LogP contribution in [0.4, 0.5) is 0 Å². The van der Waals surface area contributed by atoms with Gasteiger partial charge < -0.3 is 11.1 Å². The second-order valence-corrected chi connectivity index (χ2v) is 6.34. The van der Waals surface area contributed by atoms with Crippen molar-refractivity contribution >= 4 is 21.8 Å². The number of benzene rings is 2. The van der Waals surface area contributed by atoms with Gasteiger partial charge in [0.2, 0.25) is 5.91 Å². The van der Waals surface area contributed by atoms with Crippen LogP contribution in [0.15, 0.2) is 59.1 Å². The number of nitrogens with two attached hydrogens (primary N) is 1. The maximum Gasteiger partial charge on any atom is 0.222 e. The number of hydrogen-bond donors (Lipinski definition) is 2. The SMILES string of the molecule is CC(Cc1ccccc1Br)NC(=O)CC(N)c1ccccc1. The number of carbonyl (C=O) groups is 1. The lowest BCUT2D eigenvalue weighted by atomic mass is 10.0. The predicted molar refractivity (Wildman–Crippen MR) is 93.4 cm³/mol. The minimum Gasteiger partial charge on any atom is -0.353 e. The molecule has 0 aliphatic rings. The molecule has 0 heterocycles. The largest absolute Gasteiger partial charge is 0.353 e. The Bertz CT molecular complexity index is 615. The number of amides is 1. The summed E-state index contributed by atoms with van der Waals surface area (Å²) in [6, 6.07) is 17.5. The van der Waals surface area contributed by atoms with Crippen LogP contribution in [0.2, 0.25) is 0 Å². The zero-order valence-corrected chi connectivity index (χ0v) is 14.2. The first-order chi connectivity index (χ1) is 10.6. The lowest BCUT2D eigenvalue weighted by Crippen LogP contribution is -2.35. The Morgan fingerprint density at radius 3 is 2.45 bits per heavy atom. The summed E-state index contributed by atoms with van der Waals surface area (Å²) < 4.78 is 1.07. The Balaban J connectivity index is 1.85. The van der Waals surface area contributed by atoms with E-state index < -0.39 is 0 Å². The molecular formula is C18H21BrN2O. The Morgan fingerprint density at radius 1 is 1.14 bits per heavy atom. The van der Waals surface area contributed by atoms with E-state index in [2.05, 4.69) is 27.3 Å². The van der Waals surface area contributed by atoms with Gasteiger partial charge >= 0.3 is 0 Å². The summed E-state index contributed by atoms with van der Waals surface area (Å²) >= 11 is 3.53. The van der Waals surface area contributed by atoms with E-state index in [0.29, 0.717) is 6.42 Å². The van der Waals surface area contributed by atoms with Gasteiger partial charge in [0.1, 0.15) is 0 Å². The molecule has 3 N–H and O–H groups in total. The highest BCUT2D eigenvalue weighted by Crippen LogP contribution is 2.18. The van der Waals surface area contributed by atoms with Crippen LogP contribution in [0.3, 0.4) is 0 Å². The average Bonchev–Trinajstić information content (AvgIpc) is 2.50. The smallest absolute Gasteiger partial charge is 0.222 e. The monoisotopic (exact) mass is 360 g/mol. The molecule has 0 saturated carbocycles. The fraction of sp³-hybridized carbons (Fsp3) is 0.278. The molecule has 1 amide bonds. The molecule has 3 nitrogen and oxygen atoms in total. The van der Waals surface area contributed by atoms with E-state index in [1.807, 2.05) is 55.5 Å². The van der Waals surface area contributed by atoms with Crippen molar-refractivity contribution in [3.63, 3.8) is 0 Å². The highest BCUT2D eigenvalue weighted by atomic mass is 79.9. The zero-order valence-electron chi connectivity index (χ0n) is 12.6. The molecule has 0 spiro atoms. The van der Waals surface area contributed by atoms with Crippen molar-refractivity contribution in [2.45, 2.75) is 31.8 Å². The predicted octanol–water partition coefficient (Wildman–Crippen LogP) is 3.59. The van der Waals surface area contributed by atoms with Crippen LogP contribution in [-0.2, 0) is 11.2 Å². The quantitative estimate of drug-likeness (QED) is 0.826. The molecule has 116 valence electrons. The molecular weight excluding hydrogens is 340 g/mol. The topological polar surface area (TPSA) is 55.1 Å². The summed E-state index contributed by atoms with van der Waals surface area (Å²) in [5, 5.41) is 3.02. The van der Waals surface area contributed by atoms with Crippen molar-refractivity contribution in [1.29, 1.82) is 0 Å². The summed E-state index contributed by atoms with van der Waals surface area (Å²) in [7, 11) is 0. The molecule has 2 unspecified atom stereocenters. The molecule has 22 heavy (non-hydrogen) atoms. The van der Waals surface area contributed by atoms with Crippen molar-refractivity contribution in [2.75, 3.05) is 0 Å². The maximum atomic E-state index is 12.1. The molecule has 0 bridgehead atoms. The van der Waals surface area contributed by atoms with Crippen LogP contribution in [0.25, 0.3) is 0 Å². The van der Waals surface area contributed by atoms with Crippen molar-refractivity contribution in [1.82, 2.24) is 5.32 Å². The third kappa shape index (κ3) is 4.97. The number of rotatable bonds is 6. The molecule has 0 aromatic heterocycles.